The summed E-state index contributed by atoms with van der Waals surface area (Å²) in [4.78, 5) is 24.3. The molecule has 0 radical (unpaired) electrons. The lowest BCUT2D eigenvalue weighted by Gasteiger charge is -2.27. The molecule has 144 valence electrons. The van der Waals surface area contributed by atoms with E-state index in [2.05, 4.69) is 4.74 Å². The zero-order valence-corrected chi connectivity index (χ0v) is 13.3. The first-order chi connectivity index (χ1) is 12.0. The molecule has 0 saturated carbocycles. The molecule has 1 atom stereocenters. The molecule has 1 aliphatic heterocycles. The molecular weight excluding hydrogens is 369 g/mol. The maximum absolute atomic E-state index is 13.2. The molecule has 1 aromatic carbocycles. The Labute approximate surface area is 144 Å². The molecule has 0 aliphatic carbocycles. The fraction of sp³-hybridized carbons (Fsp3) is 0.467. The van der Waals surface area contributed by atoms with Gasteiger partial charge < -0.3 is 19.5 Å². The number of likely N-dealkylation sites (tertiary alicyclic amines) is 1. The second-order valence-corrected chi connectivity index (χ2v) is 5.61. The van der Waals surface area contributed by atoms with Gasteiger partial charge in [0.2, 0.25) is 0 Å². The molecule has 1 unspecified atom stereocenters. The Morgan fingerprint density at radius 2 is 1.92 bits per heavy atom. The van der Waals surface area contributed by atoms with Gasteiger partial charge in [-0.25, -0.2) is 0 Å². The number of hydrogen-bond donors (Lipinski definition) is 1. The van der Waals surface area contributed by atoms with Gasteiger partial charge in [0, 0.05) is 18.7 Å². The molecule has 0 bridgehead atoms. The van der Waals surface area contributed by atoms with Crippen molar-refractivity contribution in [2.24, 2.45) is 5.41 Å². The van der Waals surface area contributed by atoms with Crippen molar-refractivity contribution in [3.63, 3.8) is 0 Å². The summed E-state index contributed by atoms with van der Waals surface area (Å²) in [7, 11) is 1.18. The normalized spacial score (nSPS) is 20.3. The van der Waals surface area contributed by atoms with E-state index in [-0.39, 0.29) is 11.3 Å². The number of ether oxygens (including phenoxy) is 2. The van der Waals surface area contributed by atoms with E-state index in [1.165, 1.54) is 7.11 Å². The molecule has 0 aromatic heterocycles. The standard InChI is InChI=1S/C15H14F5NO5/c1-25-9-3-2-8(6-10(9)26-13(16)17)11(22)21-5-4-14(7-21,12(23)24)15(18,19)20/h2-3,6,13H,4-5,7H2,1H3,(H,23,24). The van der Waals surface area contributed by atoms with Crippen LogP contribution in [0, 0.1) is 5.41 Å². The number of rotatable bonds is 5. The second-order valence-electron chi connectivity index (χ2n) is 5.61. The van der Waals surface area contributed by atoms with Gasteiger partial charge in [0.1, 0.15) is 0 Å². The van der Waals surface area contributed by atoms with Crippen LogP contribution in [0.4, 0.5) is 22.0 Å². The van der Waals surface area contributed by atoms with E-state index in [1.54, 1.807) is 0 Å². The lowest BCUT2D eigenvalue weighted by Crippen LogP contribution is -2.47. The quantitative estimate of drug-likeness (QED) is 0.792. The smallest absolute Gasteiger partial charge is 0.406 e. The number of benzene rings is 1. The number of hydrogen-bond acceptors (Lipinski definition) is 4. The number of amides is 1. The van der Waals surface area contributed by atoms with Gasteiger partial charge in [-0.2, -0.15) is 22.0 Å². The highest BCUT2D eigenvalue weighted by Gasteiger charge is 2.64. The van der Waals surface area contributed by atoms with Crippen LogP contribution < -0.4 is 9.47 Å². The molecule has 1 amide bonds. The molecule has 2 rings (SSSR count). The third-order valence-electron chi connectivity index (χ3n) is 4.14. The summed E-state index contributed by atoms with van der Waals surface area (Å²) in [5.41, 5.74) is -3.29. The number of carboxylic acids is 1. The van der Waals surface area contributed by atoms with E-state index in [9.17, 15) is 31.5 Å². The first kappa shape index (κ1) is 19.7. The Balaban J connectivity index is 2.29. The van der Waals surface area contributed by atoms with Crippen molar-refractivity contribution in [2.45, 2.75) is 19.2 Å². The van der Waals surface area contributed by atoms with E-state index in [0.29, 0.717) is 0 Å². The monoisotopic (exact) mass is 383 g/mol. The number of aliphatic carboxylic acids is 1. The molecule has 26 heavy (non-hydrogen) atoms. The largest absolute Gasteiger partial charge is 0.493 e. The highest BCUT2D eigenvalue weighted by atomic mass is 19.4. The summed E-state index contributed by atoms with van der Waals surface area (Å²) >= 11 is 0. The Hall–Kier alpha value is -2.59. The minimum absolute atomic E-state index is 0.0987. The van der Waals surface area contributed by atoms with Crippen molar-refractivity contribution < 1.29 is 46.1 Å². The first-order valence-corrected chi connectivity index (χ1v) is 7.24. The number of halogens is 5. The fourth-order valence-corrected chi connectivity index (χ4v) is 2.69. The van der Waals surface area contributed by atoms with Crippen LogP contribution in [0.2, 0.25) is 0 Å². The zero-order chi connectivity index (χ0) is 19.7. The van der Waals surface area contributed by atoms with Crippen LogP contribution in [0.25, 0.3) is 0 Å². The molecule has 1 aliphatic rings. The first-order valence-electron chi connectivity index (χ1n) is 7.24. The highest BCUT2D eigenvalue weighted by Crippen LogP contribution is 2.46. The Kier molecular flexibility index (Phi) is 5.28. The summed E-state index contributed by atoms with van der Waals surface area (Å²) in [6, 6.07) is 3.21. The van der Waals surface area contributed by atoms with Crippen LogP contribution in [0.1, 0.15) is 16.8 Å². The molecular formula is C15H14F5NO5. The predicted octanol–water partition coefficient (Wildman–Crippen LogP) is 2.78. The van der Waals surface area contributed by atoms with Gasteiger partial charge in [-0.1, -0.05) is 0 Å². The molecule has 11 heteroatoms. The van der Waals surface area contributed by atoms with Crippen molar-refractivity contribution in [3.05, 3.63) is 23.8 Å². The van der Waals surface area contributed by atoms with Crippen molar-refractivity contribution in [1.29, 1.82) is 0 Å². The summed E-state index contributed by atoms with van der Waals surface area (Å²) in [5, 5.41) is 9.00. The van der Waals surface area contributed by atoms with Crippen molar-refractivity contribution in [2.75, 3.05) is 20.2 Å². The Morgan fingerprint density at radius 1 is 1.27 bits per heavy atom. The number of carboxylic acid groups (broad SMARTS) is 1. The van der Waals surface area contributed by atoms with Crippen LogP contribution in [0.15, 0.2) is 18.2 Å². The molecule has 1 aromatic rings. The molecule has 1 saturated heterocycles. The van der Waals surface area contributed by atoms with Gasteiger partial charge in [0.05, 0.1) is 7.11 Å². The average molecular weight is 383 g/mol. The second kappa shape index (κ2) is 6.96. The SMILES string of the molecule is COc1ccc(C(=O)N2CCC(C(=O)O)(C(F)(F)F)C2)cc1OC(F)F. The number of methoxy groups -OCH3 is 1. The van der Waals surface area contributed by atoms with E-state index in [1.807, 2.05) is 0 Å². The van der Waals surface area contributed by atoms with Gasteiger partial charge in [-0.3, -0.25) is 9.59 Å². The van der Waals surface area contributed by atoms with Gasteiger partial charge in [-0.15, -0.1) is 0 Å². The van der Waals surface area contributed by atoms with Gasteiger partial charge in [-0.05, 0) is 24.6 Å². The van der Waals surface area contributed by atoms with Crippen LogP contribution in [0.5, 0.6) is 11.5 Å². The van der Waals surface area contributed by atoms with Crippen LogP contribution in [0.3, 0.4) is 0 Å². The lowest BCUT2D eigenvalue weighted by atomic mass is 9.86. The van der Waals surface area contributed by atoms with E-state index in [4.69, 9.17) is 9.84 Å². The third kappa shape index (κ3) is 3.51. The van der Waals surface area contributed by atoms with Gasteiger partial charge >= 0.3 is 18.8 Å². The van der Waals surface area contributed by atoms with Gasteiger partial charge in [0.25, 0.3) is 5.91 Å². The average Bonchev–Trinajstić information content (AvgIpc) is 3.00. The van der Waals surface area contributed by atoms with E-state index >= 15 is 0 Å². The minimum Gasteiger partial charge on any atom is -0.493 e. The Morgan fingerprint density at radius 3 is 2.38 bits per heavy atom. The maximum Gasteiger partial charge on any atom is 0.406 e. The van der Waals surface area contributed by atoms with Crippen LogP contribution in [-0.4, -0.2) is 54.9 Å². The number of carbonyl (C=O) groups excluding carboxylic acids is 1. The van der Waals surface area contributed by atoms with E-state index < -0.39 is 55.3 Å². The van der Waals surface area contributed by atoms with Crippen molar-refractivity contribution in [1.82, 2.24) is 4.90 Å². The zero-order valence-electron chi connectivity index (χ0n) is 13.3. The number of nitrogens with zero attached hydrogens (tertiary/aromatic N) is 1. The molecule has 1 N–H and O–H groups in total. The Bertz CT molecular complexity index is 708. The summed E-state index contributed by atoms with van der Waals surface area (Å²) in [6.07, 6.45) is -5.84. The van der Waals surface area contributed by atoms with Gasteiger partial charge in [0.15, 0.2) is 16.9 Å². The summed E-state index contributed by atoms with van der Waals surface area (Å²) < 4.78 is 73.4. The fourth-order valence-electron chi connectivity index (χ4n) is 2.69. The molecule has 1 heterocycles. The van der Waals surface area contributed by atoms with Crippen molar-refractivity contribution >= 4 is 11.9 Å². The van der Waals surface area contributed by atoms with E-state index in [0.717, 1.165) is 23.1 Å². The maximum atomic E-state index is 13.2. The summed E-state index contributed by atoms with van der Waals surface area (Å²) in [6.45, 7) is -4.71. The minimum atomic E-state index is -5.04. The molecule has 6 nitrogen and oxygen atoms in total. The molecule has 0 spiro atoms. The van der Waals surface area contributed by atoms with Crippen molar-refractivity contribution in [3.8, 4) is 11.5 Å². The lowest BCUT2D eigenvalue weighted by molar-refractivity contribution is -0.227. The number of alkyl halides is 5. The molecule has 1 fully saturated rings. The van der Waals surface area contributed by atoms with Crippen LogP contribution in [-0.2, 0) is 4.79 Å². The predicted molar refractivity (Wildman–Crippen MR) is 76.3 cm³/mol. The van der Waals surface area contributed by atoms with Crippen LogP contribution >= 0.6 is 0 Å². The highest BCUT2D eigenvalue weighted by molar-refractivity contribution is 5.95. The summed E-state index contributed by atoms with van der Waals surface area (Å²) in [5.74, 6) is -3.57. The number of carbonyl (C=O) groups is 2. The topological polar surface area (TPSA) is 76.1 Å². The third-order valence-corrected chi connectivity index (χ3v) is 4.14.